The highest BCUT2D eigenvalue weighted by molar-refractivity contribution is 7.03. The maximum atomic E-state index is 11.7. The number of nitrogens with zero attached hydrogens (tertiary/aromatic N) is 3. The molecule has 0 saturated heterocycles. The molecule has 0 aliphatic heterocycles. The summed E-state index contributed by atoms with van der Waals surface area (Å²) in [6, 6.07) is 1.68. The fourth-order valence-corrected chi connectivity index (χ4v) is 1.99. The summed E-state index contributed by atoms with van der Waals surface area (Å²) in [4.78, 5) is 22.7. The Kier molecular flexibility index (Phi) is 2.57. The summed E-state index contributed by atoms with van der Waals surface area (Å²) in [5.74, 6) is 1.02. The van der Waals surface area contributed by atoms with Crippen molar-refractivity contribution in [3.63, 3.8) is 0 Å². The van der Waals surface area contributed by atoms with Crippen molar-refractivity contribution < 1.29 is 4.52 Å². The van der Waals surface area contributed by atoms with E-state index in [0.29, 0.717) is 11.6 Å². The van der Waals surface area contributed by atoms with Crippen molar-refractivity contribution in [3.05, 3.63) is 32.0 Å². The summed E-state index contributed by atoms with van der Waals surface area (Å²) in [7, 11) is 1.43. The monoisotopic (exact) mass is 255 g/mol. The minimum absolute atomic E-state index is 0.186. The largest absolute Gasteiger partial charge is 0.359 e. The molecule has 0 saturated carbocycles. The van der Waals surface area contributed by atoms with E-state index in [1.165, 1.54) is 11.0 Å². The highest BCUT2D eigenvalue weighted by atomic mass is 32.1. The van der Waals surface area contributed by atoms with Gasteiger partial charge in [0, 0.05) is 30.1 Å². The molecule has 0 fully saturated rings. The van der Waals surface area contributed by atoms with Crippen LogP contribution in [0, 0.1) is 0 Å². The molecule has 0 radical (unpaired) electrons. The van der Waals surface area contributed by atoms with E-state index in [4.69, 9.17) is 4.52 Å². The Hall–Kier alpha value is -1.63. The van der Waals surface area contributed by atoms with Gasteiger partial charge in [-0.15, -0.1) is 0 Å². The van der Waals surface area contributed by atoms with Crippen LogP contribution in [0.25, 0.3) is 5.82 Å². The van der Waals surface area contributed by atoms with E-state index in [0.717, 1.165) is 16.1 Å². The Labute approximate surface area is 101 Å². The second-order valence-electron chi connectivity index (χ2n) is 4.79. The Balaban J connectivity index is 2.55. The van der Waals surface area contributed by atoms with Gasteiger partial charge in [-0.1, -0.05) is 25.9 Å². The molecule has 2 rings (SSSR count). The van der Waals surface area contributed by atoms with Crippen molar-refractivity contribution in [3.8, 4) is 5.82 Å². The smallest absolute Gasteiger partial charge is 0.347 e. The Morgan fingerprint density at radius 3 is 2.41 bits per heavy atom. The van der Waals surface area contributed by atoms with Gasteiger partial charge in [-0.25, -0.2) is 4.79 Å². The summed E-state index contributed by atoms with van der Waals surface area (Å²) >= 11 is 0.807. The third-order valence-corrected chi connectivity index (χ3v) is 3.30. The molecule has 0 aliphatic carbocycles. The lowest BCUT2D eigenvalue weighted by Gasteiger charge is -2.11. The van der Waals surface area contributed by atoms with E-state index >= 15 is 0 Å². The Morgan fingerprint density at radius 2 is 2.00 bits per heavy atom. The van der Waals surface area contributed by atoms with E-state index < -0.39 is 5.69 Å². The molecule has 0 unspecified atom stereocenters. The van der Waals surface area contributed by atoms with Crippen LogP contribution in [0.5, 0.6) is 0 Å². The summed E-state index contributed by atoms with van der Waals surface area (Å²) in [5.41, 5.74) is -0.594. The predicted octanol–water partition coefficient (Wildman–Crippen LogP) is 0.883. The van der Waals surface area contributed by atoms with Crippen LogP contribution >= 0.6 is 11.5 Å². The zero-order chi connectivity index (χ0) is 12.8. The summed E-state index contributed by atoms with van der Waals surface area (Å²) in [5, 5.41) is 3.81. The summed E-state index contributed by atoms with van der Waals surface area (Å²) < 4.78 is 7.43. The lowest BCUT2D eigenvalue weighted by molar-refractivity contribution is 0.328. The van der Waals surface area contributed by atoms with Crippen molar-refractivity contribution in [2.24, 2.45) is 7.05 Å². The highest BCUT2D eigenvalue weighted by Crippen LogP contribution is 2.23. The number of hydrogen-bond acceptors (Lipinski definition) is 5. The van der Waals surface area contributed by atoms with Gasteiger partial charge in [0.15, 0.2) is 5.82 Å². The molecular weight excluding hydrogens is 242 g/mol. The molecule has 6 nitrogen and oxygen atoms in total. The molecular formula is C10H13N3O3S. The topological polar surface area (TPSA) is 70.0 Å². The molecule has 0 N–H and O–H groups in total. The van der Waals surface area contributed by atoms with E-state index in [1.54, 1.807) is 6.07 Å². The van der Waals surface area contributed by atoms with E-state index in [9.17, 15) is 9.59 Å². The fraction of sp³-hybridized carbons (Fsp3) is 0.500. The van der Waals surface area contributed by atoms with Crippen LogP contribution in [0.1, 0.15) is 26.5 Å². The van der Waals surface area contributed by atoms with Gasteiger partial charge in [-0.05, 0) is 0 Å². The maximum Gasteiger partial charge on any atom is 0.347 e. The van der Waals surface area contributed by atoms with Crippen molar-refractivity contribution in [2.45, 2.75) is 26.2 Å². The first kappa shape index (κ1) is 11.8. The summed E-state index contributed by atoms with van der Waals surface area (Å²) in [6.45, 7) is 5.94. The van der Waals surface area contributed by atoms with Gasteiger partial charge in [0.25, 0.3) is 0 Å². The fourth-order valence-electron chi connectivity index (χ4n) is 1.25. The van der Waals surface area contributed by atoms with Crippen LogP contribution in [0.2, 0.25) is 0 Å². The molecule has 0 spiro atoms. The van der Waals surface area contributed by atoms with E-state index in [-0.39, 0.29) is 10.3 Å². The maximum absolute atomic E-state index is 11.7. The van der Waals surface area contributed by atoms with Crippen molar-refractivity contribution in [1.29, 1.82) is 0 Å². The molecule has 2 heterocycles. The molecule has 0 aliphatic rings. The molecule has 2 aromatic rings. The third-order valence-electron chi connectivity index (χ3n) is 2.35. The van der Waals surface area contributed by atoms with Crippen LogP contribution in [-0.2, 0) is 12.5 Å². The van der Waals surface area contributed by atoms with Crippen LogP contribution in [0.15, 0.2) is 20.2 Å². The first-order valence-electron chi connectivity index (χ1n) is 5.07. The van der Waals surface area contributed by atoms with Gasteiger partial charge in [-0.3, -0.25) is 9.36 Å². The second-order valence-corrected chi connectivity index (χ2v) is 5.69. The summed E-state index contributed by atoms with van der Waals surface area (Å²) in [6.07, 6.45) is 0. The predicted molar refractivity (Wildman–Crippen MR) is 63.9 cm³/mol. The average molecular weight is 255 g/mol. The number of rotatable bonds is 1. The molecule has 7 heteroatoms. The zero-order valence-electron chi connectivity index (χ0n) is 10.1. The van der Waals surface area contributed by atoms with Gasteiger partial charge >= 0.3 is 10.6 Å². The third kappa shape index (κ3) is 1.97. The first-order valence-corrected chi connectivity index (χ1v) is 5.85. The molecule has 0 aromatic carbocycles. The van der Waals surface area contributed by atoms with Crippen LogP contribution in [-0.4, -0.2) is 13.7 Å². The van der Waals surface area contributed by atoms with Crippen LogP contribution in [0.3, 0.4) is 0 Å². The number of hydrogen-bond donors (Lipinski definition) is 0. The SMILES string of the molecule is Cn1c(=O)sn(-c2cc(C(C)(C)C)on2)c1=O. The average Bonchev–Trinajstić information content (AvgIpc) is 2.79. The van der Waals surface area contributed by atoms with Gasteiger partial charge < -0.3 is 4.52 Å². The van der Waals surface area contributed by atoms with Crippen molar-refractivity contribution >= 4 is 11.5 Å². The lowest BCUT2D eigenvalue weighted by Crippen LogP contribution is -2.25. The Bertz CT molecular complexity index is 653. The highest BCUT2D eigenvalue weighted by Gasteiger charge is 2.21. The second kappa shape index (κ2) is 3.69. The lowest BCUT2D eigenvalue weighted by atomic mass is 9.93. The minimum Gasteiger partial charge on any atom is -0.359 e. The molecule has 0 atom stereocenters. The normalized spacial score (nSPS) is 12.0. The molecule has 2 aromatic heterocycles. The van der Waals surface area contributed by atoms with Gasteiger partial charge in [-0.2, -0.15) is 3.96 Å². The minimum atomic E-state index is -0.409. The van der Waals surface area contributed by atoms with E-state index in [2.05, 4.69) is 5.16 Å². The van der Waals surface area contributed by atoms with Gasteiger partial charge in [0.2, 0.25) is 0 Å². The zero-order valence-corrected chi connectivity index (χ0v) is 10.9. The van der Waals surface area contributed by atoms with Gasteiger partial charge in [0.05, 0.1) is 0 Å². The van der Waals surface area contributed by atoms with E-state index in [1.807, 2.05) is 20.8 Å². The van der Waals surface area contributed by atoms with Gasteiger partial charge in [0.1, 0.15) is 5.76 Å². The Morgan fingerprint density at radius 1 is 1.35 bits per heavy atom. The van der Waals surface area contributed by atoms with Crippen molar-refractivity contribution in [2.75, 3.05) is 0 Å². The molecule has 0 bridgehead atoms. The molecule has 0 amide bonds. The quantitative estimate of drug-likeness (QED) is 0.758. The van der Waals surface area contributed by atoms with Crippen molar-refractivity contribution in [1.82, 2.24) is 13.7 Å². The standard InChI is InChI=1S/C10H13N3O3S/c1-10(2,3)6-5-7(11-16-6)13-8(14)12(4)9(15)17-13/h5H,1-4H3. The molecule has 17 heavy (non-hydrogen) atoms. The van der Waals surface area contributed by atoms with Crippen LogP contribution in [0.4, 0.5) is 0 Å². The number of aromatic nitrogens is 3. The van der Waals surface area contributed by atoms with Crippen LogP contribution < -0.4 is 10.6 Å². The first-order chi connectivity index (χ1) is 7.80. The molecule has 92 valence electrons.